The lowest BCUT2D eigenvalue weighted by molar-refractivity contribution is 1.31. The number of aromatic nitrogens is 1. The number of hydrogen-bond acceptors (Lipinski definition) is 3. The van der Waals surface area contributed by atoms with Crippen LogP contribution < -0.4 is 5.43 Å². The van der Waals surface area contributed by atoms with Crippen LogP contribution in [0.5, 0.6) is 0 Å². The van der Waals surface area contributed by atoms with Crippen molar-refractivity contribution in [3.63, 3.8) is 0 Å². The molecule has 0 aliphatic heterocycles. The normalized spacial score (nSPS) is 11.2. The number of nitrogens with zero attached hydrogens (tertiary/aromatic N) is 2. The third-order valence-electron chi connectivity index (χ3n) is 1.98. The quantitative estimate of drug-likeness (QED) is 0.651. The highest BCUT2D eigenvalue weighted by atomic mass is 35.5. The summed E-state index contributed by atoms with van der Waals surface area (Å²) < 4.78 is 0. The number of para-hydroxylation sites is 1. The van der Waals surface area contributed by atoms with Crippen molar-refractivity contribution in [2.45, 2.75) is 0 Å². The number of hydrogen-bond donors (Lipinski definition) is 1. The second kappa shape index (κ2) is 5.28. The molecule has 0 amide bonds. The molecule has 80 valence electrons. The summed E-state index contributed by atoms with van der Waals surface area (Å²) in [5, 5.41) is 4.48. The van der Waals surface area contributed by atoms with Gasteiger partial charge in [0.1, 0.15) is 0 Å². The molecule has 0 aliphatic carbocycles. The SMILES string of the molecule is Cl/C(=N\Nc1ccccc1)c1ccncc1. The van der Waals surface area contributed by atoms with E-state index < -0.39 is 0 Å². The number of benzene rings is 1. The molecule has 2 aromatic rings. The Morgan fingerprint density at radius 2 is 1.75 bits per heavy atom. The molecule has 1 heterocycles. The zero-order chi connectivity index (χ0) is 11.2. The van der Waals surface area contributed by atoms with E-state index in [1.54, 1.807) is 24.5 Å². The van der Waals surface area contributed by atoms with Gasteiger partial charge in [-0.3, -0.25) is 10.4 Å². The van der Waals surface area contributed by atoms with Gasteiger partial charge < -0.3 is 0 Å². The van der Waals surface area contributed by atoms with Crippen molar-refractivity contribution in [3.8, 4) is 0 Å². The van der Waals surface area contributed by atoms with Gasteiger partial charge in [-0.1, -0.05) is 29.8 Å². The summed E-state index contributed by atoms with van der Waals surface area (Å²) in [6, 6.07) is 13.2. The van der Waals surface area contributed by atoms with E-state index in [1.165, 1.54) is 0 Å². The van der Waals surface area contributed by atoms with E-state index in [9.17, 15) is 0 Å². The fourth-order valence-corrected chi connectivity index (χ4v) is 1.35. The lowest BCUT2D eigenvalue weighted by Gasteiger charge is -2.01. The summed E-state index contributed by atoms with van der Waals surface area (Å²) in [4.78, 5) is 3.91. The molecule has 1 aromatic carbocycles. The first-order valence-corrected chi connectivity index (χ1v) is 5.19. The Labute approximate surface area is 98.8 Å². The van der Waals surface area contributed by atoms with Gasteiger partial charge in [0, 0.05) is 18.0 Å². The number of anilines is 1. The van der Waals surface area contributed by atoms with Gasteiger partial charge in [0.25, 0.3) is 0 Å². The van der Waals surface area contributed by atoms with Crippen LogP contribution in [0.15, 0.2) is 60.0 Å². The molecule has 16 heavy (non-hydrogen) atoms. The molecule has 0 radical (unpaired) electrons. The third-order valence-corrected chi connectivity index (χ3v) is 2.28. The fourth-order valence-electron chi connectivity index (χ4n) is 1.18. The van der Waals surface area contributed by atoms with Crippen molar-refractivity contribution in [1.29, 1.82) is 0 Å². The molecule has 3 nitrogen and oxygen atoms in total. The van der Waals surface area contributed by atoms with Crippen LogP contribution in [-0.2, 0) is 0 Å². The van der Waals surface area contributed by atoms with Gasteiger partial charge in [-0.05, 0) is 24.3 Å². The van der Waals surface area contributed by atoms with Crippen molar-refractivity contribution < 1.29 is 0 Å². The van der Waals surface area contributed by atoms with Crippen LogP contribution in [0.25, 0.3) is 0 Å². The Morgan fingerprint density at radius 3 is 2.44 bits per heavy atom. The highest BCUT2D eigenvalue weighted by Gasteiger charge is 1.97. The maximum Gasteiger partial charge on any atom is 0.156 e. The minimum Gasteiger partial charge on any atom is -0.277 e. The predicted molar refractivity (Wildman–Crippen MR) is 66.7 cm³/mol. The van der Waals surface area contributed by atoms with Gasteiger partial charge in [-0.15, -0.1) is 0 Å². The van der Waals surface area contributed by atoms with Gasteiger partial charge in [-0.25, -0.2) is 0 Å². The summed E-state index contributed by atoms with van der Waals surface area (Å²) in [6.07, 6.45) is 3.35. The molecule has 0 spiro atoms. The molecule has 0 atom stereocenters. The second-order valence-corrected chi connectivity index (χ2v) is 3.47. The summed E-state index contributed by atoms with van der Waals surface area (Å²) in [5.41, 5.74) is 4.61. The maximum atomic E-state index is 6.02. The number of nitrogens with one attached hydrogen (secondary N) is 1. The number of pyridine rings is 1. The minimum atomic E-state index is 0.409. The Balaban J connectivity index is 2.09. The van der Waals surface area contributed by atoms with Crippen LogP contribution >= 0.6 is 11.6 Å². The van der Waals surface area contributed by atoms with Crippen molar-refractivity contribution >= 4 is 22.5 Å². The average molecular weight is 232 g/mol. The van der Waals surface area contributed by atoms with Gasteiger partial charge >= 0.3 is 0 Å². The lowest BCUT2D eigenvalue weighted by atomic mass is 10.3. The van der Waals surface area contributed by atoms with E-state index in [1.807, 2.05) is 30.3 Å². The topological polar surface area (TPSA) is 37.3 Å². The smallest absolute Gasteiger partial charge is 0.156 e. The van der Waals surface area contributed by atoms with Gasteiger partial charge in [0.15, 0.2) is 5.17 Å². The number of halogens is 1. The highest BCUT2D eigenvalue weighted by Crippen LogP contribution is 2.07. The molecule has 4 heteroatoms. The Hall–Kier alpha value is -1.87. The third kappa shape index (κ3) is 2.81. The summed E-state index contributed by atoms with van der Waals surface area (Å²) in [6.45, 7) is 0. The van der Waals surface area contributed by atoms with Crippen LogP contribution in [0.2, 0.25) is 0 Å². The molecule has 1 aromatic heterocycles. The van der Waals surface area contributed by atoms with Crippen LogP contribution in [0.3, 0.4) is 0 Å². The highest BCUT2D eigenvalue weighted by molar-refractivity contribution is 6.69. The van der Waals surface area contributed by atoms with Gasteiger partial charge in [-0.2, -0.15) is 5.10 Å². The summed E-state index contributed by atoms with van der Waals surface area (Å²) in [5.74, 6) is 0. The predicted octanol–water partition coefficient (Wildman–Crippen LogP) is 3.09. The van der Waals surface area contributed by atoms with E-state index >= 15 is 0 Å². The molecule has 2 rings (SSSR count). The fraction of sp³-hybridized carbons (Fsp3) is 0. The molecular formula is C12H10ClN3. The standard InChI is InChI=1S/C12H10ClN3/c13-12(10-6-8-14-9-7-10)16-15-11-4-2-1-3-5-11/h1-9,15H/b16-12-. The molecule has 0 saturated carbocycles. The molecule has 0 aliphatic rings. The van der Waals surface area contributed by atoms with E-state index in [-0.39, 0.29) is 0 Å². The van der Waals surface area contributed by atoms with Crippen molar-refractivity contribution in [1.82, 2.24) is 4.98 Å². The molecule has 0 fully saturated rings. The van der Waals surface area contributed by atoms with E-state index in [2.05, 4.69) is 15.5 Å². The monoisotopic (exact) mass is 231 g/mol. The second-order valence-electron chi connectivity index (χ2n) is 3.12. The maximum absolute atomic E-state index is 6.02. The molecule has 0 saturated heterocycles. The van der Waals surface area contributed by atoms with Crippen LogP contribution in [0.1, 0.15) is 5.56 Å². The lowest BCUT2D eigenvalue weighted by Crippen LogP contribution is -1.96. The summed E-state index contributed by atoms with van der Waals surface area (Å²) >= 11 is 6.02. The first kappa shape index (κ1) is 10.6. The van der Waals surface area contributed by atoms with E-state index in [4.69, 9.17) is 11.6 Å². The summed E-state index contributed by atoms with van der Waals surface area (Å²) in [7, 11) is 0. The van der Waals surface area contributed by atoms with Crippen molar-refractivity contribution in [2.24, 2.45) is 5.10 Å². The molecule has 0 bridgehead atoms. The zero-order valence-corrected chi connectivity index (χ0v) is 9.22. The molecular weight excluding hydrogens is 222 g/mol. The largest absolute Gasteiger partial charge is 0.277 e. The molecule has 0 unspecified atom stereocenters. The van der Waals surface area contributed by atoms with Crippen LogP contribution in [0.4, 0.5) is 5.69 Å². The Bertz CT molecular complexity index is 468. The zero-order valence-electron chi connectivity index (χ0n) is 8.47. The first-order valence-electron chi connectivity index (χ1n) is 4.81. The van der Waals surface area contributed by atoms with E-state index in [0.717, 1.165) is 11.3 Å². The van der Waals surface area contributed by atoms with Crippen molar-refractivity contribution in [2.75, 3.05) is 5.43 Å². The van der Waals surface area contributed by atoms with Gasteiger partial charge in [0.05, 0.1) is 5.69 Å². The van der Waals surface area contributed by atoms with Crippen LogP contribution in [-0.4, -0.2) is 10.2 Å². The molecule has 1 N–H and O–H groups in total. The van der Waals surface area contributed by atoms with Crippen LogP contribution in [0, 0.1) is 0 Å². The van der Waals surface area contributed by atoms with Crippen molar-refractivity contribution in [3.05, 3.63) is 60.4 Å². The number of hydrazone groups is 1. The van der Waals surface area contributed by atoms with E-state index in [0.29, 0.717) is 5.17 Å². The Kier molecular flexibility index (Phi) is 3.51. The van der Waals surface area contributed by atoms with Gasteiger partial charge in [0.2, 0.25) is 0 Å². The minimum absolute atomic E-state index is 0.409. The Morgan fingerprint density at radius 1 is 1.06 bits per heavy atom. The number of rotatable bonds is 3. The average Bonchev–Trinajstić information content (AvgIpc) is 2.38. The first-order chi connectivity index (χ1) is 7.86.